The molecule has 5 heterocycles. The molecule has 0 amide bonds. The molecule has 0 fully saturated rings. The van der Waals surface area contributed by atoms with E-state index in [1.165, 1.54) is 34.5 Å². The third-order valence-corrected chi connectivity index (χ3v) is 10.3. The Labute approximate surface area is 295 Å². The molecule has 2 N–H and O–H groups in total. The van der Waals surface area contributed by atoms with Crippen LogP contribution in [0.2, 0.25) is 0 Å². The first-order valence-electron chi connectivity index (χ1n) is 17.1. The van der Waals surface area contributed by atoms with Crippen LogP contribution in [0.5, 0.6) is 0 Å². The van der Waals surface area contributed by atoms with E-state index in [0.717, 1.165) is 54.7 Å². The van der Waals surface area contributed by atoms with Crippen LogP contribution in [0, 0.1) is 5.92 Å². The first kappa shape index (κ1) is 30.8. The minimum atomic E-state index is 0.522. The van der Waals surface area contributed by atoms with Crippen LogP contribution < -0.4 is 4.46 Å². The summed E-state index contributed by atoms with van der Waals surface area (Å²) in [5.41, 5.74) is 6.31. The summed E-state index contributed by atoms with van der Waals surface area (Å²) >= 11 is 1.52. The Bertz CT molecular complexity index is 2590. The quantitative estimate of drug-likeness (QED) is 0.152. The molecule has 3 aromatic heterocycles. The van der Waals surface area contributed by atoms with Crippen molar-refractivity contribution in [3.05, 3.63) is 91.0 Å². The van der Waals surface area contributed by atoms with Crippen LogP contribution in [0.1, 0.15) is 39.5 Å². The van der Waals surface area contributed by atoms with Gasteiger partial charge in [0, 0.05) is 0 Å². The molecule has 0 saturated carbocycles. The topological polar surface area (TPSA) is 118 Å². The monoisotopic (exact) mass is 705 g/mol. The summed E-state index contributed by atoms with van der Waals surface area (Å²) in [7, 11) is 0. The van der Waals surface area contributed by atoms with E-state index in [0.29, 0.717) is 58.4 Å². The molecule has 2 aliphatic heterocycles. The van der Waals surface area contributed by atoms with Crippen molar-refractivity contribution in [1.82, 2.24) is 39.9 Å². The zero-order valence-corrected chi connectivity index (χ0v) is 28.6. The molecule has 8 bridgehead atoms. The Kier molecular flexibility index (Phi) is 7.92. The van der Waals surface area contributed by atoms with E-state index in [4.69, 9.17) is 33.7 Å². The van der Waals surface area contributed by atoms with Gasteiger partial charge in [-0.2, -0.15) is 0 Å². The van der Waals surface area contributed by atoms with Gasteiger partial charge < -0.3 is 0 Å². The number of fused-ring (bicyclic) bond motifs is 20. The molecule has 0 saturated heterocycles. The first-order valence-corrected chi connectivity index (χ1v) is 18.0. The fourth-order valence-electron chi connectivity index (χ4n) is 6.71. The Morgan fingerprint density at radius 3 is 1.58 bits per heavy atom. The molecule has 9 rings (SSSR count). The Hall–Kier alpha value is -5.28. The number of hydrogen-bond acceptors (Lipinski definition) is 7. The summed E-state index contributed by atoms with van der Waals surface area (Å²) in [5, 5.41) is 3.73. The second kappa shape index (κ2) is 12.9. The van der Waals surface area contributed by atoms with Crippen LogP contribution in [-0.4, -0.2) is 46.5 Å². The third kappa shape index (κ3) is 5.37. The van der Waals surface area contributed by atoms with Crippen molar-refractivity contribution >= 4 is 48.6 Å². The van der Waals surface area contributed by atoms with Crippen LogP contribution >= 0.6 is 0 Å². The summed E-state index contributed by atoms with van der Waals surface area (Å²) in [6.07, 6.45) is 4.66. The van der Waals surface area contributed by atoms with Gasteiger partial charge in [-0.05, 0) is 0 Å². The standard InChI is InChI=1S/C32H17N8.C8H17O.Cu/c1-2-10-18-17(9-1)25-33-26(18)38-28-21-13-5-6-14-22(21)30(35-28)40-32-24-16-8-7-15-23(24)31(36-32)39-29-20-12-4-3-11-19(20)27(34-29)37-25;1-3-5-6-8(4-2)7-9;/h1-15H,(H2,33,34,35,36,37,38,39,40);8H,3-7H2,1-2H3;/q;-1;+1. The predicted octanol–water partition coefficient (Wildman–Crippen LogP) is 8.73. The fraction of sp³-hybridized carbons (Fsp3) is 0.200. The molecule has 2 aliphatic rings. The van der Waals surface area contributed by atoms with Gasteiger partial charge in [-0.1, -0.05) is 6.07 Å². The van der Waals surface area contributed by atoms with Gasteiger partial charge in [-0.15, -0.1) is 0 Å². The average Bonchev–Trinajstić information content (AvgIpc) is 3.89. The van der Waals surface area contributed by atoms with Crippen molar-refractivity contribution in [3.8, 4) is 45.6 Å². The number of benzene rings is 4. The summed E-state index contributed by atoms with van der Waals surface area (Å²) in [6, 6.07) is 30.5. The molecule has 1 atom stereocenters. The van der Waals surface area contributed by atoms with Crippen molar-refractivity contribution in [2.45, 2.75) is 39.5 Å². The number of aromatic nitrogens is 8. The van der Waals surface area contributed by atoms with Crippen LogP contribution in [0.15, 0.2) is 91.0 Å². The van der Waals surface area contributed by atoms with E-state index in [2.05, 4.69) is 35.9 Å². The number of H-pyrrole nitrogens is 2. The Balaban J connectivity index is 1.33. The van der Waals surface area contributed by atoms with E-state index in [1.54, 1.807) is 0 Å². The van der Waals surface area contributed by atoms with E-state index in [1.807, 2.05) is 78.9 Å². The zero-order valence-electron chi connectivity index (χ0n) is 27.7. The van der Waals surface area contributed by atoms with Gasteiger partial charge in [-0.25, -0.2) is 0 Å². The van der Waals surface area contributed by atoms with Crippen LogP contribution in [-0.2, 0) is 19.1 Å². The molecule has 7 aromatic rings. The van der Waals surface area contributed by atoms with Crippen LogP contribution in [0.4, 0.5) is 0 Å². The summed E-state index contributed by atoms with van der Waals surface area (Å²) < 4.78 is 7.26. The maximum absolute atomic E-state index is 6.31. The maximum atomic E-state index is 6.31. The van der Waals surface area contributed by atoms with Gasteiger partial charge in [0.05, 0.1) is 0 Å². The van der Waals surface area contributed by atoms with Gasteiger partial charge in [0.2, 0.25) is 0 Å². The molecular weight excluding hydrogens is 672 g/mol. The molecule has 0 aliphatic carbocycles. The molecule has 50 heavy (non-hydrogen) atoms. The predicted molar refractivity (Wildman–Crippen MR) is 195 cm³/mol. The average molecular weight is 706 g/mol. The van der Waals surface area contributed by atoms with Gasteiger partial charge in [0.25, 0.3) is 0 Å². The number of unbranched alkanes of at least 4 members (excludes halogenated alkanes) is 1. The number of nitrogens with one attached hydrogen (secondary N) is 2. The third-order valence-electron chi connectivity index (χ3n) is 9.44. The SMILES string of the molecule is CCCCC(CC)C[O][Cu][c]1cccc2c3nc4nc(nc5[nH]c(nc6nc(nc([nH]3)c12)-c1ccccc1-6)c1ccccc51)-c1ccccc1-4. The van der Waals surface area contributed by atoms with Crippen LogP contribution in [0.3, 0.4) is 0 Å². The van der Waals surface area contributed by atoms with Gasteiger partial charge in [-0.3, -0.25) is 0 Å². The van der Waals surface area contributed by atoms with Gasteiger partial charge in [0.15, 0.2) is 0 Å². The summed E-state index contributed by atoms with van der Waals surface area (Å²) in [5.74, 6) is 2.85. The van der Waals surface area contributed by atoms with Gasteiger partial charge >= 0.3 is 290 Å². The molecule has 0 radical (unpaired) electrons. The molecule has 0 spiro atoms. The number of aromatic amines is 2. The van der Waals surface area contributed by atoms with Crippen molar-refractivity contribution in [2.75, 3.05) is 6.61 Å². The first-order chi connectivity index (χ1) is 24.7. The van der Waals surface area contributed by atoms with E-state index >= 15 is 0 Å². The molecule has 4 aromatic carbocycles. The molecule has 10 heteroatoms. The second-order valence-corrected chi connectivity index (χ2v) is 13.6. The second-order valence-electron chi connectivity index (χ2n) is 12.6. The van der Waals surface area contributed by atoms with Crippen molar-refractivity contribution < 1.29 is 19.1 Å². The zero-order chi connectivity index (χ0) is 33.6. The van der Waals surface area contributed by atoms with E-state index in [-0.39, 0.29) is 0 Å². The molecule has 251 valence electrons. The van der Waals surface area contributed by atoms with Crippen molar-refractivity contribution in [2.24, 2.45) is 5.92 Å². The summed E-state index contributed by atoms with van der Waals surface area (Å²) in [4.78, 5) is 37.6. The Morgan fingerprint density at radius 2 is 1.04 bits per heavy atom. The molecular formula is C40H34CuN8O. The minimum absolute atomic E-state index is 0.522. The van der Waals surface area contributed by atoms with E-state index < -0.39 is 0 Å². The van der Waals surface area contributed by atoms with Gasteiger partial charge in [0.1, 0.15) is 0 Å². The number of rotatable bonds is 8. The fourth-order valence-corrected chi connectivity index (χ4v) is 7.65. The molecule has 1 unspecified atom stereocenters. The van der Waals surface area contributed by atoms with Crippen LogP contribution in [0.25, 0.3) is 89.7 Å². The molecule has 9 nitrogen and oxygen atoms in total. The van der Waals surface area contributed by atoms with Crippen molar-refractivity contribution in [1.29, 1.82) is 0 Å². The summed E-state index contributed by atoms with van der Waals surface area (Å²) in [6.45, 7) is 5.16. The number of hydrogen-bond donors (Lipinski definition) is 2. The van der Waals surface area contributed by atoms with Crippen molar-refractivity contribution in [3.63, 3.8) is 0 Å². The van der Waals surface area contributed by atoms with E-state index in [9.17, 15) is 0 Å². The number of nitrogens with zero attached hydrogens (tertiary/aromatic N) is 6. The Morgan fingerprint density at radius 1 is 0.560 bits per heavy atom. The normalized spacial score (nSPS) is 12.8.